The predicted molar refractivity (Wildman–Crippen MR) is 57.7 cm³/mol. The highest BCUT2D eigenvalue weighted by atomic mass is 16.1. The van der Waals surface area contributed by atoms with Crippen molar-refractivity contribution in [3.63, 3.8) is 0 Å². The van der Waals surface area contributed by atoms with E-state index in [4.69, 9.17) is 5.73 Å². The third-order valence-electron chi connectivity index (χ3n) is 2.07. The van der Waals surface area contributed by atoms with Gasteiger partial charge in [0, 0.05) is 12.6 Å². The van der Waals surface area contributed by atoms with Crippen LogP contribution in [0, 0.1) is 0 Å². The van der Waals surface area contributed by atoms with E-state index in [1.807, 2.05) is 30.3 Å². The van der Waals surface area contributed by atoms with Crippen molar-refractivity contribution < 1.29 is 0 Å². The van der Waals surface area contributed by atoms with Gasteiger partial charge in [-0.25, -0.2) is 0 Å². The summed E-state index contributed by atoms with van der Waals surface area (Å²) in [5, 5.41) is 4.14. The average Bonchev–Trinajstić information content (AvgIpc) is 2.31. The maximum absolute atomic E-state index is 11.5. The molecule has 0 aliphatic heterocycles. The summed E-state index contributed by atoms with van der Waals surface area (Å²) < 4.78 is 1.35. The van der Waals surface area contributed by atoms with E-state index in [-0.39, 0.29) is 5.56 Å². The van der Waals surface area contributed by atoms with E-state index in [0.29, 0.717) is 12.2 Å². The van der Waals surface area contributed by atoms with Gasteiger partial charge in [0.1, 0.15) is 0 Å². The highest BCUT2D eigenvalue weighted by molar-refractivity contribution is 5.30. The van der Waals surface area contributed by atoms with Crippen LogP contribution in [0.5, 0.6) is 0 Å². The van der Waals surface area contributed by atoms with Crippen LogP contribution in [0.1, 0.15) is 5.69 Å². The van der Waals surface area contributed by atoms with Crippen molar-refractivity contribution in [1.29, 1.82) is 0 Å². The third kappa shape index (κ3) is 1.94. The fourth-order valence-corrected chi connectivity index (χ4v) is 1.31. The Labute approximate surface area is 87.0 Å². The van der Waals surface area contributed by atoms with Gasteiger partial charge in [0.15, 0.2) is 0 Å². The number of benzene rings is 1. The van der Waals surface area contributed by atoms with Gasteiger partial charge < -0.3 is 5.73 Å². The van der Waals surface area contributed by atoms with Crippen LogP contribution in [0.2, 0.25) is 0 Å². The van der Waals surface area contributed by atoms with Gasteiger partial charge in [-0.3, -0.25) is 4.79 Å². The molecule has 76 valence electrons. The van der Waals surface area contributed by atoms with Gasteiger partial charge in [-0.05, 0) is 18.2 Å². The zero-order chi connectivity index (χ0) is 10.7. The Hall–Kier alpha value is -1.94. The summed E-state index contributed by atoms with van der Waals surface area (Å²) in [4.78, 5) is 11.5. The molecule has 0 amide bonds. The van der Waals surface area contributed by atoms with Crippen LogP contribution in [0.3, 0.4) is 0 Å². The molecule has 2 N–H and O–H groups in total. The standard InChI is InChI=1S/C11H11N3O/c12-8-9-6-7-11(15)14(13-9)10-4-2-1-3-5-10/h1-7H,8,12H2. The molecule has 1 aromatic heterocycles. The average molecular weight is 201 g/mol. The monoisotopic (exact) mass is 201 g/mol. The van der Waals surface area contributed by atoms with Crippen molar-refractivity contribution in [2.24, 2.45) is 5.73 Å². The Morgan fingerprint density at radius 2 is 1.87 bits per heavy atom. The van der Waals surface area contributed by atoms with Crippen LogP contribution in [0.15, 0.2) is 47.3 Å². The molecule has 2 aromatic rings. The molecule has 0 aliphatic carbocycles. The van der Waals surface area contributed by atoms with Crippen LogP contribution in [0.4, 0.5) is 0 Å². The Kier molecular flexibility index (Phi) is 2.60. The number of nitrogens with two attached hydrogens (primary N) is 1. The lowest BCUT2D eigenvalue weighted by Crippen LogP contribution is -2.22. The van der Waals surface area contributed by atoms with E-state index in [1.165, 1.54) is 10.7 Å². The number of rotatable bonds is 2. The van der Waals surface area contributed by atoms with Gasteiger partial charge in [0.2, 0.25) is 0 Å². The Morgan fingerprint density at radius 3 is 2.53 bits per heavy atom. The molecule has 0 atom stereocenters. The lowest BCUT2D eigenvalue weighted by atomic mass is 10.3. The van der Waals surface area contributed by atoms with Crippen LogP contribution >= 0.6 is 0 Å². The van der Waals surface area contributed by atoms with Crippen molar-refractivity contribution >= 4 is 0 Å². The van der Waals surface area contributed by atoms with Crippen molar-refractivity contribution in [2.45, 2.75) is 6.54 Å². The molecule has 4 heteroatoms. The number of hydrogen-bond acceptors (Lipinski definition) is 3. The Morgan fingerprint density at radius 1 is 1.13 bits per heavy atom. The second kappa shape index (κ2) is 4.06. The Balaban J connectivity index is 2.57. The van der Waals surface area contributed by atoms with Crippen molar-refractivity contribution in [2.75, 3.05) is 0 Å². The van der Waals surface area contributed by atoms with Crippen LogP contribution in [0.25, 0.3) is 5.69 Å². The fraction of sp³-hybridized carbons (Fsp3) is 0.0909. The molecule has 4 nitrogen and oxygen atoms in total. The van der Waals surface area contributed by atoms with E-state index in [0.717, 1.165) is 5.69 Å². The summed E-state index contributed by atoms with van der Waals surface area (Å²) >= 11 is 0. The maximum atomic E-state index is 11.5. The first-order valence-corrected chi connectivity index (χ1v) is 4.66. The van der Waals surface area contributed by atoms with Crippen molar-refractivity contribution in [3.05, 3.63) is 58.5 Å². The van der Waals surface area contributed by atoms with Crippen LogP contribution < -0.4 is 11.3 Å². The van der Waals surface area contributed by atoms with Gasteiger partial charge in [0.05, 0.1) is 11.4 Å². The van der Waals surface area contributed by atoms with Crippen LogP contribution in [-0.4, -0.2) is 9.78 Å². The quantitative estimate of drug-likeness (QED) is 0.777. The molecule has 0 fully saturated rings. The molecular formula is C11H11N3O. The minimum atomic E-state index is -0.154. The maximum Gasteiger partial charge on any atom is 0.271 e. The number of para-hydroxylation sites is 1. The minimum Gasteiger partial charge on any atom is -0.325 e. The zero-order valence-corrected chi connectivity index (χ0v) is 8.13. The van der Waals surface area contributed by atoms with Gasteiger partial charge in [-0.1, -0.05) is 18.2 Å². The molecule has 1 aromatic carbocycles. The smallest absolute Gasteiger partial charge is 0.271 e. The topological polar surface area (TPSA) is 60.9 Å². The zero-order valence-electron chi connectivity index (χ0n) is 8.13. The SMILES string of the molecule is NCc1ccc(=O)n(-c2ccccc2)n1. The van der Waals surface area contributed by atoms with Gasteiger partial charge in [0.25, 0.3) is 5.56 Å². The molecule has 0 radical (unpaired) electrons. The molecule has 2 rings (SSSR count). The summed E-state index contributed by atoms with van der Waals surface area (Å²) in [6, 6.07) is 12.4. The first kappa shape index (κ1) is 9.61. The van der Waals surface area contributed by atoms with E-state index >= 15 is 0 Å². The molecule has 0 aliphatic rings. The number of aromatic nitrogens is 2. The Bertz CT molecular complexity index is 505. The minimum absolute atomic E-state index is 0.154. The van der Waals surface area contributed by atoms with E-state index in [1.54, 1.807) is 6.07 Å². The van der Waals surface area contributed by atoms with Crippen molar-refractivity contribution in [3.8, 4) is 5.69 Å². The van der Waals surface area contributed by atoms with E-state index in [2.05, 4.69) is 5.10 Å². The van der Waals surface area contributed by atoms with E-state index in [9.17, 15) is 4.79 Å². The largest absolute Gasteiger partial charge is 0.325 e. The highest BCUT2D eigenvalue weighted by Crippen LogP contribution is 2.02. The summed E-state index contributed by atoms with van der Waals surface area (Å²) in [5.74, 6) is 0. The van der Waals surface area contributed by atoms with E-state index < -0.39 is 0 Å². The molecule has 0 unspecified atom stereocenters. The second-order valence-corrected chi connectivity index (χ2v) is 3.11. The summed E-state index contributed by atoms with van der Waals surface area (Å²) in [5.41, 5.74) is 6.76. The summed E-state index contributed by atoms with van der Waals surface area (Å²) in [6.07, 6.45) is 0. The molecule has 0 bridgehead atoms. The van der Waals surface area contributed by atoms with Crippen molar-refractivity contribution in [1.82, 2.24) is 9.78 Å². The highest BCUT2D eigenvalue weighted by Gasteiger charge is 2.00. The first-order valence-electron chi connectivity index (χ1n) is 4.66. The lowest BCUT2D eigenvalue weighted by Gasteiger charge is -2.04. The van der Waals surface area contributed by atoms with Gasteiger partial charge in [-0.2, -0.15) is 9.78 Å². The molecular weight excluding hydrogens is 190 g/mol. The second-order valence-electron chi connectivity index (χ2n) is 3.11. The van der Waals surface area contributed by atoms with Gasteiger partial charge >= 0.3 is 0 Å². The first-order chi connectivity index (χ1) is 7.31. The predicted octanol–water partition coefficient (Wildman–Crippen LogP) is 0.691. The lowest BCUT2D eigenvalue weighted by molar-refractivity contribution is 0.759. The molecule has 0 saturated heterocycles. The third-order valence-corrected chi connectivity index (χ3v) is 2.07. The summed E-state index contributed by atoms with van der Waals surface area (Å²) in [6.45, 7) is 0.327. The molecule has 0 spiro atoms. The number of nitrogens with zero attached hydrogens (tertiary/aromatic N) is 2. The summed E-state index contributed by atoms with van der Waals surface area (Å²) in [7, 11) is 0. The van der Waals surface area contributed by atoms with Crippen LogP contribution in [-0.2, 0) is 6.54 Å². The normalized spacial score (nSPS) is 10.2. The molecule has 1 heterocycles. The fourth-order valence-electron chi connectivity index (χ4n) is 1.31. The molecule has 15 heavy (non-hydrogen) atoms. The molecule has 0 saturated carbocycles. The van der Waals surface area contributed by atoms with Gasteiger partial charge in [-0.15, -0.1) is 0 Å². The number of hydrogen-bond donors (Lipinski definition) is 1.